The number of carbonyl (C=O) groups excluding carboxylic acids is 1. The van der Waals surface area contributed by atoms with Crippen LogP contribution in [-0.4, -0.2) is 32.5 Å². The molecule has 1 aromatic heterocycles. The van der Waals surface area contributed by atoms with Gasteiger partial charge in [-0.3, -0.25) is 9.89 Å². The first kappa shape index (κ1) is 14.9. The molecule has 1 fully saturated rings. The van der Waals surface area contributed by atoms with E-state index >= 15 is 0 Å². The van der Waals surface area contributed by atoms with Gasteiger partial charge in [-0.2, -0.15) is 5.10 Å². The van der Waals surface area contributed by atoms with E-state index in [4.69, 9.17) is 11.6 Å². The Morgan fingerprint density at radius 2 is 2.14 bits per heavy atom. The van der Waals surface area contributed by atoms with E-state index in [-0.39, 0.29) is 16.6 Å². The monoisotopic (exact) mass is 326 g/mol. The van der Waals surface area contributed by atoms with Crippen molar-refractivity contribution in [2.45, 2.75) is 25.3 Å². The molecule has 0 unspecified atom stereocenters. The van der Waals surface area contributed by atoms with Crippen molar-refractivity contribution in [2.75, 3.05) is 6.54 Å². The van der Waals surface area contributed by atoms with Crippen molar-refractivity contribution in [3.8, 4) is 0 Å². The van der Waals surface area contributed by atoms with Crippen molar-refractivity contribution >= 4 is 17.5 Å². The molecule has 3 rings (SSSR count). The molecule has 116 valence electrons. The predicted octanol–water partition coefficient (Wildman–Crippen LogP) is 3.10. The molecule has 0 aliphatic carbocycles. The van der Waals surface area contributed by atoms with Crippen LogP contribution in [0.25, 0.3) is 0 Å². The molecule has 22 heavy (non-hydrogen) atoms. The topological polar surface area (TPSA) is 61.9 Å². The maximum absolute atomic E-state index is 14.0. The van der Waals surface area contributed by atoms with Crippen molar-refractivity contribution in [3.63, 3.8) is 0 Å². The quantitative estimate of drug-likeness (QED) is 0.863. The molecule has 1 aliphatic heterocycles. The van der Waals surface area contributed by atoms with Crippen molar-refractivity contribution in [1.29, 1.82) is 0 Å². The number of halogens is 3. The number of benzene rings is 1. The lowest BCUT2D eigenvalue weighted by molar-refractivity contribution is 0.0595. The summed E-state index contributed by atoms with van der Waals surface area (Å²) in [5, 5.41) is 6.17. The summed E-state index contributed by atoms with van der Waals surface area (Å²) in [5.74, 6) is -1.69. The second kappa shape index (κ2) is 6.00. The number of nitrogens with one attached hydrogen (secondary N) is 1. The third kappa shape index (κ3) is 2.68. The number of piperidine rings is 1. The molecule has 1 N–H and O–H groups in total. The fourth-order valence-electron chi connectivity index (χ4n) is 2.68. The third-order valence-corrected chi connectivity index (χ3v) is 4.04. The summed E-state index contributed by atoms with van der Waals surface area (Å²) in [4.78, 5) is 18.2. The van der Waals surface area contributed by atoms with E-state index in [1.54, 1.807) is 0 Å². The zero-order valence-electron chi connectivity index (χ0n) is 11.5. The predicted molar refractivity (Wildman–Crippen MR) is 75.4 cm³/mol. The van der Waals surface area contributed by atoms with E-state index in [9.17, 15) is 13.6 Å². The molecule has 8 heteroatoms. The zero-order valence-corrected chi connectivity index (χ0v) is 12.3. The van der Waals surface area contributed by atoms with Crippen LogP contribution in [0.2, 0.25) is 5.02 Å². The van der Waals surface area contributed by atoms with Gasteiger partial charge in [0.05, 0.1) is 16.6 Å². The Kier molecular flexibility index (Phi) is 4.06. The summed E-state index contributed by atoms with van der Waals surface area (Å²) in [6, 6.07) is 1.34. The molecule has 0 bridgehead atoms. The van der Waals surface area contributed by atoms with Crippen LogP contribution >= 0.6 is 11.6 Å². The van der Waals surface area contributed by atoms with Gasteiger partial charge in [0.25, 0.3) is 5.91 Å². The first-order valence-corrected chi connectivity index (χ1v) is 7.26. The number of aromatic nitrogens is 3. The van der Waals surface area contributed by atoms with Gasteiger partial charge in [-0.1, -0.05) is 11.6 Å². The van der Waals surface area contributed by atoms with Gasteiger partial charge in [-0.05, 0) is 31.4 Å². The molecule has 2 aromatic rings. The van der Waals surface area contributed by atoms with Crippen molar-refractivity contribution in [2.24, 2.45) is 0 Å². The molecule has 1 atom stereocenters. The van der Waals surface area contributed by atoms with Gasteiger partial charge < -0.3 is 4.90 Å². The fourth-order valence-corrected chi connectivity index (χ4v) is 2.83. The average molecular weight is 327 g/mol. The van der Waals surface area contributed by atoms with Gasteiger partial charge in [0, 0.05) is 6.54 Å². The van der Waals surface area contributed by atoms with E-state index in [0.717, 1.165) is 25.0 Å². The number of likely N-dealkylation sites (tertiary alicyclic amines) is 1. The second-order valence-electron chi connectivity index (χ2n) is 5.13. The molecule has 0 radical (unpaired) electrons. The van der Waals surface area contributed by atoms with Crippen LogP contribution in [0.4, 0.5) is 8.78 Å². The number of hydrogen-bond donors (Lipinski definition) is 1. The minimum Gasteiger partial charge on any atom is -0.328 e. The number of hydrogen-bond acceptors (Lipinski definition) is 3. The molecule has 5 nitrogen and oxygen atoms in total. The van der Waals surface area contributed by atoms with Crippen LogP contribution in [0, 0.1) is 11.6 Å². The highest BCUT2D eigenvalue weighted by Gasteiger charge is 2.32. The molecule has 1 aromatic carbocycles. The van der Waals surface area contributed by atoms with Crippen LogP contribution in [-0.2, 0) is 0 Å². The summed E-state index contributed by atoms with van der Waals surface area (Å²) in [6.45, 7) is 0.452. The largest absolute Gasteiger partial charge is 0.328 e. The van der Waals surface area contributed by atoms with Crippen molar-refractivity contribution in [3.05, 3.63) is 46.5 Å². The summed E-state index contributed by atoms with van der Waals surface area (Å²) < 4.78 is 27.5. The van der Waals surface area contributed by atoms with E-state index < -0.39 is 17.5 Å². The van der Waals surface area contributed by atoms with Crippen LogP contribution < -0.4 is 0 Å². The maximum Gasteiger partial charge on any atom is 0.257 e. The second-order valence-corrected chi connectivity index (χ2v) is 5.53. The highest BCUT2D eigenvalue weighted by molar-refractivity contribution is 6.30. The van der Waals surface area contributed by atoms with E-state index in [1.807, 2.05) is 0 Å². The highest BCUT2D eigenvalue weighted by Crippen LogP contribution is 2.31. The summed E-state index contributed by atoms with van der Waals surface area (Å²) >= 11 is 5.52. The molecule has 0 spiro atoms. The number of amides is 1. The Morgan fingerprint density at radius 3 is 2.86 bits per heavy atom. The summed E-state index contributed by atoms with van der Waals surface area (Å²) in [6.07, 6.45) is 3.77. The molecule has 1 aliphatic rings. The molecule has 2 heterocycles. The van der Waals surface area contributed by atoms with Gasteiger partial charge in [-0.25, -0.2) is 13.8 Å². The number of aromatic amines is 1. The number of H-pyrrole nitrogens is 1. The Morgan fingerprint density at radius 1 is 1.32 bits per heavy atom. The van der Waals surface area contributed by atoms with Gasteiger partial charge in [0.1, 0.15) is 23.8 Å². The lowest BCUT2D eigenvalue weighted by atomic mass is 10.00. The van der Waals surface area contributed by atoms with Gasteiger partial charge in [-0.15, -0.1) is 0 Å². The Hall–Kier alpha value is -2.02. The molecule has 1 amide bonds. The molecule has 0 saturated carbocycles. The van der Waals surface area contributed by atoms with E-state index in [0.29, 0.717) is 18.8 Å². The first-order valence-electron chi connectivity index (χ1n) is 6.88. The zero-order chi connectivity index (χ0) is 15.7. The fraction of sp³-hybridized carbons (Fsp3) is 0.357. The maximum atomic E-state index is 14.0. The van der Waals surface area contributed by atoms with E-state index in [1.165, 1.54) is 11.2 Å². The molecular weight excluding hydrogens is 314 g/mol. The SMILES string of the molecule is O=C(c1cc(F)c(Cl)cc1F)N1CCCC[C@@H]1c1ncn[nH]1. The van der Waals surface area contributed by atoms with Gasteiger partial charge >= 0.3 is 0 Å². The standard InChI is InChI=1S/C14H13ClF2N4O/c15-9-6-10(16)8(5-11(9)17)14(22)21-4-2-1-3-12(21)13-18-7-19-20-13/h5-7,12H,1-4H2,(H,18,19,20)/t12-/m1/s1. The summed E-state index contributed by atoms with van der Waals surface area (Å²) in [7, 11) is 0. The Balaban J connectivity index is 1.94. The summed E-state index contributed by atoms with van der Waals surface area (Å²) in [5.41, 5.74) is -0.326. The third-order valence-electron chi connectivity index (χ3n) is 3.75. The minimum atomic E-state index is -0.835. The van der Waals surface area contributed by atoms with Crippen LogP contribution in [0.5, 0.6) is 0 Å². The molecular formula is C14H13ClF2N4O. The van der Waals surface area contributed by atoms with Crippen LogP contribution in [0.15, 0.2) is 18.5 Å². The highest BCUT2D eigenvalue weighted by atomic mass is 35.5. The first-order chi connectivity index (χ1) is 10.6. The Labute approximate surface area is 130 Å². The van der Waals surface area contributed by atoms with Crippen molar-refractivity contribution < 1.29 is 13.6 Å². The van der Waals surface area contributed by atoms with E-state index in [2.05, 4.69) is 15.2 Å². The average Bonchev–Trinajstić information content (AvgIpc) is 3.04. The number of nitrogens with zero attached hydrogens (tertiary/aromatic N) is 3. The lowest BCUT2D eigenvalue weighted by Gasteiger charge is -2.34. The lowest BCUT2D eigenvalue weighted by Crippen LogP contribution is -2.39. The minimum absolute atomic E-state index is 0.318. The smallest absolute Gasteiger partial charge is 0.257 e. The molecule has 1 saturated heterocycles. The van der Waals surface area contributed by atoms with Gasteiger partial charge in [0.15, 0.2) is 0 Å². The van der Waals surface area contributed by atoms with Crippen LogP contribution in [0.1, 0.15) is 41.5 Å². The number of rotatable bonds is 2. The normalized spacial score (nSPS) is 18.5. The van der Waals surface area contributed by atoms with Gasteiger partial charge in [0.2, 0.25) is 0 Å². The number of carbonyl (C=O) groups is 1. The van der Waals surface area contributed by atoms with Crippen LogP contribution in [0.3, 0.4) is 0 Å². The van der Waals surface area contributed by atoms with Crippen molar-refractivity contribution in [1.82, 2.24) is 20.1 Å². The Bertz CT molecular complexity index is 692.